The Morgan fingerprint density at radius 1 is 0.690 bits per heavy atom. The summed E-state index contributed by atoms with van der Waals surface area (Å²) < 4.78 is 5.99. The summed E-state index contributed by atoms with van der Waals surface area (Å²) in [6.07, 6.45) is 17.5. The third-order valence-corrected chi connectivity index (χ3v) is 6.76. The summed E-state index contributed by atoms with van der Waals surface area (Å²) in [4.78, 5) is 0. The Bertz CT molecular complexity index is 625. The highest BCUT2D eigenvalue weighted by Crippen LogP contribution is 2.18. The van der Waals surface area contributed by atoms with Gasteiger partial charge in [-0.05, 0) is 48.4 Å². The van der Waals surface area contributed by atoms with Crippen molar-refractivity contribution in [1.82, 2.24) is 0 Å². The van der Waals surface area contributed by atoms with Crippen LogP contribution in [0.4, 0.5) is 0 Å². The molecule has 2 rings (SSSR count). The fourth-order valence-corrected chi connectivity index (χ4v) is 4.70. The molecule has 0 amide bonds. The quantitative estimate of drug-likeness (QED) is 0.189. The summed E-state index contributed by atoms with van der Waals surface area (Å²) in [5.41, 5.74) is 1.42. The Kier molecular flexibility index (Phi) is 13.6. The van der Waals surface area contributed by atoms with Crippen molar-refractivity contribution in [3.8, 4) is 5.75 Å². The molecule has 1 atom stereocenters. The Morgan fingerprint density at radius 2 is 1.38 bits per heavy atom. The van der Waals surface area contributed by atoms with Crippen molar-refractivity contribution < 1.29 is 4.74 Å². The van der Waals surface area contributed by atoms with Gasteiger partial charge in [0, 0.05) is 0 Å². The monoisotopic (exact) mass is 412 g/mol. The standard InChI is InChI=1S/C27H41OP/c1-2-3-4-5-6-7-8-9-10-12-17-25-18-15-19-26(24-25)28-22-16-23-29-27-20-13-11-14-21-27/h11,13-15,18-21,24,29H,2-10,12,16-17,22-23H2,1H3. The van der Waals surface area contributed by atoms with E-state index in [1.807, 2.05) is 0 Å². The minimum atomic E-state index is 0.821. The summed E-state index contributed by atoms with van der Waals surface area (Å²) >= 11 is 0. The predicted octanol–water partition coefficient (Wildman–Crippen LogP) is 7.92. The molecule has 0 aliphatic carbocycles. The van der Waals surface area contributed by atoms with E-state index in [0.29, 0.717) is 0 Å². The zero-order valence-corrected chi connectivity index (χ0v) is 19.5. The highest BCUT2D eigenvalue weighted by molar-refractivity contribution is 7.47. The van der Waals surface area contributed by atoms with E-state index in [0.717, 1.165) is 27.4 Å². The van der Waals surface area contributed by atoms with Gasteiger partial charge in [0.25, 0.3) is 0 Å². The van der Waals surface area contributed by atoms with Crippen LogP contribution in [0, 0.1) is 0 Å². The summed E-state index contributed by atoms with van der Waals surface area (Å²) in [5, 5.41) is 1.45. The maximum absolute atomic E-state index is 5.99. The van der Waals surface area contributed by atoms with Crippen LogP contribution in [0.5, 0.6) is 5.75 Å². The van der Waals surface area contributed by atoms with E-state index in [1.165, 1.54) is 87.7 Å². The van der Waals surface area contributed by atoms with Gasteiger partial charge in [0.05, 0.1) is 6.61 Å². The van der Waals surface area contributed by atoms with E-state index in [-0.39, 0.29) is 0 Å². The maximum Gasteiger partial charge on any atom is 0.119 e. The Morgan fingerprint density at radius 3 is 2.10 bits per heavy atom. The molecule has 0 fully saturated rings. The summed E-state index contributed by atoms with van der Waals surface area (Å²) in [6, 6.07) is 19.5. The van der Waals surface area contributed by atoms with Gasteiger partial charge in [0.15, 0.2) is 0 Å². The Hall–Kier alpha value is -1.33. The van der Waals surface area contributed by atoms with Crippen LogP contribution >= 0.6 is 8.58 Å². The number of ether oxygens (including phenoxy) is 1. The van der Waals surface area contributed by atoms with E-state index in [4.69, 9.17) is 4.74 Å². The second kappa shape index (κ2) is 16.5. The van der Waals surface area contributed by atoms with E-state index in [1.54, 1.807) is 0 Å². The van der Waals surface area contributed by atoms with Gasteiger partial charge in [-0.15, -0.1) is 0 Å². The number of hydrogen-bond acceptors (Lipinski definition) is 1. The molecule has 1 nitrogen and oxygen atoms in total. The first-order valence-electron chi connectivity index (χ1n) is 11.9. The molecule has 29 heavy (non-hydrogen) atoms. The van der Waals surface area contributed by atoms with E-state index < -0.39 is 0 Å². The zero-order chi connectivity index (χ0) is 20.4. The number of unbranched alkanes of at least 4 members (excludes halogenated alkanes) is 9. The molecule has 0 saturated heterocycles. The second-order valence-electron chi connectivity index (χ2n) is 8.07. The largest absolute Gasteiger partial charge is 0.494 e. The molecule has 0 aliphatic heterocycles. The predicted molar refractivity (Wildman–Crippen MR) is 131 cm³/mol. The van der Waals surface area contributed by atoms with Crippen LogP contribution in [-0.4, -0.2) is 12.8 Å². The average molecular weight is 413 g/mol. The van der Waals surface area contributed by atoms with Gasteiger partial charge in [-0.3, -0.25) is 0 Å². The second-order valence-corrected chi connectivity index (χ2v) is 9.51. The van der Waals surface area contributed by atoms with E-state index in [2.05, 4.69) is 61.5 Å². The lowest BCUT2D eigenvalue weighted by Crippen LogP contribution is -2.01. The van der Waals surface area contributed by atoms with Crippen LogP contribution < -0.4 is 10.0 Å². The molecule has 1 unspecified atom stereocenters. The maximum atomic E-state index is 5.99. The van der Waals surface area contributed by atoms with Gasteiger partial charge in [0.2, 0.25) is 0 Å². The normalized spacial score (nSPS) is 11.3. The SMILES string of the molecule is CCCCCCCCCCCCc1cccc(OCCCPc2ccccc2)c1. The van der Waals surface area contributed by atoms with Crippen molar-refractivity contribution in [2.24, 2.45) is 0 Å². The summed E-state index contributed by atoms with van der Waals surface area (Å²) in [5.74, 6) is 1.04. The lowest BCUT2D eigenvalue weighted by atomic mass is 10.0. The fourth-order valence-electron chi connectivity index (χ4n) is 3.66. The third kappa shape index (κ3) is 12.1. The van der Waals surface area contributed by atoms with Crippen LogP contribution in [0.3, 0.4) is 0 Å². The van der Waals surface area contributed by atoms with Gasteiger partial charge in [-0.25, -0.2) is 0 Å². The van der Waals surface area contributed by atoms with Crippen molar-refractivity contribution >= 4 is 13.9 Å². The minimum Gasteiger partial charge on any atom is -0.494 e. The van der Waals surface area contributed by atoms with Gasteiger partial charge < -0.3 is 4.74 Å². The van der Waals surface area contributed by atoms with E-state index in [9.17, 15) is 0 Å². The molecule has 0 aromatic heterocycles. The molecule has 160 valence electrons. The van der Waals surface area contributed by atoms with Gasteiger partial charge in [-0.2, -0.15) is 0 Å². The third-order valence-electron chi connectivity index (χ3n) is 5.41. The smallest absolute Gasteiger partial charge is 0.119 e. The highest BCUT2D eigenvalue weighted by atomic mass is 31.1. The first-order valence-corrected chi connectivity index (χ1v) is 13.1. The molecule has 2 heteroatoms. The average Bonchev–Trinajstić information content (AvgIpc) is 2.76. The van der Waals surface area contributed by atoms with Gasteiger partial charge in [-0.1, -0.05) is 116 Å². The van der Waals surface area contributed by atoms with Crippen molar-refractivity contribution in [2.75, 3.05) is 12.8 Å². The van der Waals surface area contributed by atoms with Gasteiger partial charge in [0.1, 0.15) is 5.75 Å². The molecule has 2 aromatic rings. The van der Waals surface area contributed by atoms with Crippen molar-refractivity contribution in [3.05, 3.63) is 60.2 Å². The van der Waals surface area contributed by atoms with Crippen molar-refractivity contribution in [2.45, 2.75) is 84.0 Å². The first kappa shape index (κ1) is 23.9. The Labute approximate surface area is 181 Å². The highest BCUT2D eigenvalue weighted by Gasteiger charge is 1.99. The molecule has 0 spiro atoms. The molecule has 0 aliphatic rings. The molecule has 0 saturated carbocycles. The topological polar surface area (TPSA) is 9.23 Å². The first-order chi connectivity index (χ1) is 14.4. The molecular weight excluding hydrogens is 371 g/mol. The fraction of sp³-hybridized carbons (Fsp3) is 0.556. The molecular formula is C27H41OP. The number of hydrogen-bond donors (Lipinski definition) is 0. The molecule has 0 radical (unpaired) electrons. The van der Waals surface area contributed by atoms with Gasteiger partial charge >= 0.3 is 0 Å². The van der Waals surface area contributed by atoms with Crippen LogP contribution in [0.15, 0.2) is 54.6 Å². The lowest BCUT2D eigenvalue weighted by molar-refractivity contribution is 0.318. The van der Waals surface area contributed by atoms with Crippen LogP contribution in [0.25, 0.3) is 0 Å². The van der Waals surface area contributed by atoms with Crippen molar-refractivity contribution in [3.63, 3.8) is 0 Å². The number of benzene rings is 2. The zero-order valence-electron chi connectivity index (χ0n) is 18.5. The Balaban J connectivity index is 1.49. The lowest BCUT2D eigenvalue weighted by Gasteiger charge is -2.08. The number of aryl methyl sites for hydroxylation is 1. The van der Waals surface area contributed by atoms with Crippen LogP contribution in [0.1, 0.15) is 83.1 Å². The summed E-state index contributed by atoms with van der Waals surface area (Å²) in [6.45, 7) is 3.11. The molecule has 0 N–H and O–H groups in total. The minimum absolute atomic E-state index is 0.821. The van der Waals surface area contributed by atoms with E-state index >= 15 is 0 Å². The number of rotatable bonds is 17. The molecule has 0 bridgehead atoms. The van der Waals surface area contributed by atoms with Crippen LogP contribution in [-0.2, 0) is 6.42 Å². The van der Waals surface area contributed by atoms with Crippen LogP contribution in [0.2, 0.25) is 0 Å². The molecule has 0 heterocycles. The molecule has 2 aromatic carbocycles. The van der Waals surface area contributed by atoms with Crippen molar-refractivity contribution in [1.29, 1.82) is 0 Å². The summed E-state index contributed by atoms with van der Waals surface area (Å²) in [7, 11) is 0.888.